The fourth-order valence-electron chi connectivity index (χ4n) is 3.30. The van der Waals surface area contributed by atoms with Crippen molar-refractivity contribution in [2.75, 3.05) is 32.8 Å². The normalized spacial score (nSPS) is 16.7. The van der Waals surface area contributed by atoms with Gasteiger partial charge in [0.2, 0.25) is 0 Å². The molecule has 26 heavy (non-hydrogen) atoms. The lowest BCUT2D eigenvalue weighted by Crippen LogP contribution is -2.42. The molecule has 0 spiro atoms. The van der Waals surface area contributed by atoms with E-state index in [0.717, 1.165) is 42.8 Å². The van der Waals surface area contributed by atoms with Crippen molar-refractivity contribution in [2.24, 2.45) is 5.92 Å². The molecule has 1 atom stereocenters. The van der Waals surface area contributed by atoms with E-state index in [9.17, 15) is 9.90 Å². The van der Waals surface area contributed by atoms with Crippen LogP contribution in [0.25, 0.3) is 0 Å². The molecule has 0 aliphatic carbocycles. The molecule has 0 saturated carbocycles. The summed E-state index contributed by atoms with van der Waals surface area (Å²) in [5.74, 6) is 0.761. The Morgan fingerprint density at radius 1 is 1.27 bits per heavy atom. The van der Waals surface area contributed by atoms with E-state index in [-0.39, 0.29) is 30.9 Å². The summed E-state index contributed by atoms with van der Waals surface area (Å²) in [4.78, 5) is 14.0. The lowest BCUT2D eigenvalue weighted by atomic mass is 9.97. The second kappa shape index (κ2) is 10.8. The summed E-state index contributed by atoms with van der Waals surface area (Å²) < 4.78 is 10.9. The van der Waals surface area contributed by atoms with Crippen LogP contribution in [0.1, 0.15) is 36.5 Å². The number of ether oxygens (including phenoxy) is 2. The summed E-state index contributed by atoms with van der Waals surface area (Å²) in [6.45, 7) is 10.9. The second-order valence-electron chi connectivity index (χ2n) is 7.00. The molecule has 6 heteroatoms. The van der Waals surface area contributed by atoms with E-state index in [1.54, 1.807) is 0 Å². The zero-order valence-electron chi connectivity index (χ0n) is 16.3. The van der Waals surface area contributed by atoms with Crippen LogP contribution in [0.2, 0.25) is 0 Å². The average Bonchev–Trinajstić information content (AvgIpc) is 2.57. The standard InChI is InChI=1S/C20H31NO4.ClH/c1-5-24-20(23)17-6-8-21(9-7-17)12-18(22)13-25-19-11-14(2)10-15(3)16(19)4;/h10-11,17-18,22H,5-9,12-13H2,1-4H3;1H. The Labute approximate surface area is 163 Å². The van der Waals surface area contributed by atoms with Crippen molar-refractivity contribution in [3.8, 4) is 5.75 Å². The highest BCUT2D eigenvalue weighted by Crippen LogP contribution is 2.24. The van der Waals surface area contributed by atoms with Gasteiger partial charge in [0.15, 0.2) is 0 Å². The van der Waals surface area contributed by atoms with Gasteiger partial charge in [0.05, 0.1) is 12.5 Å². The fourth-order valence-corrected chi connectivity index (χ4v) is 3.30. The number of esters is 1. The number of likely N-dealkylation sites (tertiary alicyclic amines) is 1. The lowest BCUT2D eigenvalue weighted by Gasteiger charge is -2.32. The van der Waals surface area contributed by atoms with Crippen LogP contribution < -0.4 is 4.74 Å². The molecule has 0 amide bonds. The van der Waals surface area contributed by atoms with Crippen LogP contribution in [0.3, 0.4) is 0 Å². The Kier molecular flexibility index (Phi) is 9.41. The number of carbonyl (C=O) groups excluding carboxylic acids is 1. The first-order valence-electron chi connectivity index (χ1n) is 9.18. The molecular weight excluding hydrogens is 354 g/mol. The van der Waals surface area contributed by atoms with Gasteiger partial charge in [-0.2, -0.15) is 0 Å². The molecule has 148 valence electrons. The largest absolute Gasteiger partial charge is 0.491 e. The van der Waals surface area contributed by atoms with Gasteiger partial charge in [-0.15, -0.1) is 12.4 Å². The van der Waals surface area contributed by atoms with Gasteiger partial charge in [-0.25, -0.2) is 0 Å². The minimum absolute atomic E-state index is 0. The van der Waals surface area contributed by atoms with Gasteiger partial charge in [0, 0.05) is 6.54 Å². The first-order chi connectivity index (χ1) is 11.9. The Morgan fingerprint density at radius 3 is 2.54 bits per heavy atom. The second-order valence-corrected chi connectivity index (χ2v) is 7.00. The highest BCUT2D eigenvalue weighted by molar-refractivity contribution is 5.85. The maximum absolute atomic E-state index is 11.8. The molecule has 0 bridgehead atoms. The zero-order valence-corrected chi connectivity index (χ0v) is 17.1. The molecule has 1 unspecified atom stereocenters. The van der Waals surface area contributed by atoms with Gasteiger partial charge < -0.3 is 19.5 Å². The van der Waals surface area contributed by atoms with Crippen LogP contribution in [-0.4, -0.2) is 54.9 Å². The van der Waals surface area contributed by atoms with E-state index < -0.39 is 6.10 Å². The Bertz CT molecular complexity index is 585. The maximum atomic E-state index is 11.8. The molecule has 1 aromatic rings. The predicted molar refractivity (Wildman–Crippen MR) is 105 cm³/mol. The van der Waals surface area contributed by atoms with Gasteiger partial charge in [-0.3, -0.25) is 4.79 Å². The molecule has 5 nitrogen and oxygen atoms in total. The quantitative estimate of drug-likeness (QED) is 0.731. The highest BCUT2D eigenvalue weighted by Gasteiger charge is 2.26. The van der Waals surface area contributed by atoms with Gasteiger partial charge in [-0.1, -0.05) is 6.07 Å². The number of nitrogens with zero attached hydrogens (tertiary/aromatic N) is 1. The summed E-state index contributed by atoms with van der Waals surface area (Å²) >= 11 is 0. The third-order valence-electron chi connectivity index (χ3n) is 4.87. The zero-order chi connectivity index (χ0) is 18.4. The Hall–Kier alpha value is -1.30. The number of aryl methyl sites for hydroxylation is 2. The summed E-state index contributed by atoms with van der Waals surface area (Å²) in [5, 5.41) is 10.3. The Morgan fingerprint density at radius 2 is 1.92 bits per heavy atom. The number of aliphatic hydroxyl groups excluding tert-OH is 1. The molecule has 1 aliphatic heterocycles. The number of hydrogen-bond acceptors (Lipinski definition) is 5. The molecule has 0 aromatic heterocycles. The highest BCUT2D eigenvalue weighted by atomic mass is 35.5. The van der Waals surface area contributed by atoms with Crippen molar-refractivity contribution in [3.63, 3.8) is 0 Å². The summed E-state index contributed by atoms with van der Waals surface area (Å²) in [6.07, 6.45) is 1.05. The minimum Gasteiger partial charge on any atom is -0.491 e. The van der Waals surface area contributed by atoms with Crippen molar-refractivity contribution in [1.82, 2.24) is 4.90 Å². The van der Waals surface area contributed by atoms with E-state index in [2.05, 4.69) is 17.9 Å². The smallest absolute Gasteiger partial charge is 0.309 e. The van der Waals surface area contributed by atoms with Crippen LogP contribution in [0.4, 0.5) is 0 Å². The first kappa shape index (κ1) is 22.7. The van der Waals surface area contributed by atoms with Crippen molar-refractivity contribution in [2.45, 2.75) is 46.6 Å². The molecule has 2 rings (SSSR count). The van der Waals surface area contributed by atoms with Crippen molar-refractivity contribution in [3.05, 3.63) is 28.8 Å². The molecule has 1 aliphatic rings. The first-order valence-corrected chi connectivity index (χ1v) is 9.18. The van der Waals surface area contributed by atoms with Crippen LogP contribution >= 0.6 is 12.4 Å². The fraction of sp³-hybridized carbons (Fsp3) is 0.650. The van der Waals surface area contributed by atoms with Crippen LogP contribution in [-0.2, 0) is 9.53 Å². The molecule has 1 saturated heterocycles. The third kappa shape index (κ3) is 6.45. The third-order valence-corrected chi connectivity index (χ3v) is 4.87. The number of rotatable bonds is 7. The Balaban J connectivity index is 0.00000338. The number of carbonyl (C=O) groups is 1. The van der Waals surface area contributed by atoms with E-state index in [1.807, 2.05) is 26.8 Å². The van der Waals surface area contributed by atoms with E-state index in [4.69, 9.17) is 9.47 Å². The topological polar surface area (TPSA) is 59.0 Å². The van der Waals surface area contributed by atoms with Crippen LogP contribution in [0.5, 0.6) is 5.75 Å². The molecule has 1 N–H and O–H groups in total. The molecular formula is C20H32ClNO4. The molecule has 0 radical (unpaired) electrons. The van der Waals surface area contributed by atoms with E-state index in [1.165, 1.54) is 5.56 Å². The monoisotopic (exact) mass is 385 g/mol. The van der Waals surface area contributed by atoms with Crippen LogP contribution in [0, 0.1) is 26.7 Å². The summed E-state index contributed by atoms with van der Waals surface area (Å²) in [5.41, 5.74) is 3.48. The van der Waals surface area contributed by atoms with Crippen LogP contribution in [0.15, 0.2) is 12.1 Å². The van der Waals surface area contributed by atoms with Crippen molar-refractivity contribution >= 4 is 18.4 Å². The summed E-state index contributed by atoms with van der Waals surface area (Å²) in [6, 6.07) is 4.15. The SMILES string of the molecule is CCOC(=O)C1CCN(CC(O)COc2cc(C)cc(C)c2C)CC1.Cl. The average molecular weight is 386 g/mol. The summed E-state index contributed by atoms with van der Waals surface area (Å²) in [7, 11) is 0. The number of aliphatic hydroxyl groups is 1. The van der Waals surface area contributed by atoms with E-state index in [0.29, 0.717) is 13.2 Å². The van der Waals surface area contributed by atoms with E-state index >= 15 is 0 Å². The number of halogens is 1. The minimum atomic E-state index is -0.542. The number of piperidine rings is 1. The van der Waals surface area contributed by atoms with Gasteiger partial charge in [-0.05, 0) is 76.4 Å². The molecule has 1 heterocycles. The predicted octanol–water partition coefficient (Wildman–Crippen LogP) is 3.05. The van der Waals surface area contributed by atoms with Gasteiger partial charge in [0.1, 0.15) is 18.5 Å². The van der Waals surface area contributed by atoms with Crippen molar-refractivity contribution in [1.29, 1.82) is 0 Å². The number of β-amino-alcohol motifs (C(OH)–C–C–N with tert-alkyl or cyclic N) is 1. The number of benzene rings is 1. The lowest BCUT2D eigenvalue weighted by molar-refractivity contribution is -0.149. The molecule has 1 aromatic carbocycles. The molecule has 1 fully saturated rings. The maximum Gasteiger partial charge on any atom is 0.309 e. The van der Waals surface area contributed by atoms with Gasteiger partial charge in [0.25, 0.3) is 0 Å². The van der Waals surface area contributed by atoms with Gasteiger partial charge >= 0.3 is 5.97 Å². The number of hydrogen-bond donors (Lipinski definition) is 1. The van der Waals surface area contributed by atoms with Crippen molar-refractivity contribution < 1.29 is 19.4 Å².